The van der Waals surface area contributed by atoms with Gasteiger partial charge in [-0.15, -0.1) is 0 Å². The molecule has 6 nitrogen and oxygen atoms in total. The summed E-state index contributed by atoms with van der Waals surface area (Å²) >= 11 is 12.0. The molecule has 0 saturated heterocycles. The van der Waals surface area contributed by atoms with Crippen molar-refractivity contribution in [3.63, 3.8) is 0 Å². The molecule has 1 aromatic heterocycles. The number of carbonyl (C=O) groups excluding carboxylic acids is 1. The molecule has 0 aliphatic heterocycles. The molecule has 1 amide bonds. The zero-order valence-electron chi connectivity index (χ0n) is 10.8. The summed E-state index contributed by atoms with van der Waals surface area (Å²) in [7, 11) is 0. The highest BCUT2D eigenvalue weighted by Crippen LogP contribution is 2.31. The Kier molecular flexibility index (Phi) is 5.65. The van der Waals surface area contributed by atoms with Crippen LogP contribution >= 0.6 is 23.2 Å². The molecular formula is C11H17Cl2N5O. The van der Waals surface area contributed by atoms with Crippen molar-refractivity contribution in [3.05, 3.63) is 16.1 Å². The van der Waals surface area contributed by atoms with Crippen LogP contribution in [0.4, 0.5) is 11.6 Å². The van der Waals surface area contributed by atoms with Crippen molar-refractivity contribution in [1.82, 2.24) is 4.98 Å². The van der Waals surface area contributed by atoms with E-state index in [0.29, 0.717) is 34.1 Å². The van der Waals surface area contributed by atoms with Gasteiger partial charge in [-0.25, -0.2) is 10.8 Å². The van der Waals surface area contributed by atoms with E-state index in [1.807, 2.05) is 13.8 Å². The summed E-state index contributed by atoms with van der Waals surface area (Å²) in [5, 5.41) is 0.644. The fraction of sp³-hybridized carbons (Fsp3) is 0.455. The number of amides is 1. The number of nitrogens with one attached hydrogen (secondary N) is 1. The Bertz CT molecular complexity index is 467. The van der Waals surface area contributed by atoms with E-state index in [4.69, 9.17) is 34.8 Å². The summed E-state index contributed by atoms with van der Waals surface area (Å²) in [4.78, 5) is 17.1. The molecule has 5 N–H and O–H groups in total. The topological polar surface area (TPSA) is 97.3 Å². The average molecular weight is 306 g/mol. The molecule has 1 heterocycles. The maximum Gasteiger partial charge on any atom is 0.236 e. The van der Waals surface area contributed by atoms with Crippen LogP contribution in [0.2, 0.25) is 10.0 Å². The van der Waals surface area contributed by atoms with E-state index >= 15 is 0 Å². The molecule has 0 fully saturated rings. The summed E-state index contributed by atoms with van der Waals surface area (Å²) in [6.45, 7) is 4.64. The molecular weight excluding hydrogens is 289 g/mol. The number of hydrogen-bond acceptors (Lipinski definition) is 5. The van der Waals surface area contributed by atoms with Crippen LogP contribution in [0.5, 0.6) is 0 Å². The molecule has 0 atom stereocenters. The van der Waals surface area contributed by atoms with Crippen LogP contribution in [0, 0.1) is 5.92 Å². The van der Waals surface area contributed by atoms with Gasteiger partial charge in [-0.1, -0.05) is 37.0 Å². The van der Waals surface area contributed by atoms with E-state index < -0.39 is 5.91 Å². The highest BCUT2D eigenvalue weighted by Gasteiger charge is 2.18. The maximum atomic E-state index is 11.1. The van der Waals surface area contributed by atoms with Gasteiger partial charge < -0.3 is 16.1 Å². The molecule has 1 rings (SSSR count). The lowest BCUT2D eigenvalue weighted by molar-refractivity contribution is -0.116. The SMILES string of the molecule is CC(C)CN(CC(N)=O)c1nc(NN)c(Cl)cc1Cl. The number of nitrogen functional groups attached to an aromatic ring is 1. The largest absolute Gasteiger partial charge is 0.368 e. The highest BCUT2D eigenvalue weighted by atomic mass is 35.5. The number of rotatable bonds is 6. The second-order valence-corrected chi connectivity index (χ2v) is 5.32. The Hall–Kier alpha value is -1.24. The van der Waals surface area contributed by atoms with E-state index in [9.17, 15) is 4.79 Å². The third kappa shape index (κ3) is 4.41. The van der Waals surface area contributed by atoms with Crippen LogP contribution in [0.3, 0.4) is 0 Å². The highest BCUT2D eigenvalue weighted by molar-refractivity contribution is 6.37. The first kappa shape index (κ1) is 15.8. The van der Waals surface area contributed by atoms with Crippen molar-refractivity contribution in [3.8, 4) is 0 Å². The van der Waals surface area contributed by atoms with E-state index in [1.54, 1.807) is 4.90 Å². The first-order valence-electron chi connectivity index (χ1n) is 5.71. The van der Waals surface area contributed by atoms with Gasteiger partial charge in [-0.05, 0) is 12.0 Å². The molecule has 0 bridgehead atoms. The number of carbonyl (C=O) groups is 1. The van der Waals surface area contributed by atoms with Crippen molar-refractivity contribution in [2.75, 3.05) is 23.4 Å². The molecule has 1 aromatic rings. The van der Waals surface area contributed by atoms with Crippen LogP contribution < -0.4 is 21.9 Å². The summed E-state index contributed by atoms with van der Waals surface area (Å²) in [5.41, 5.74) is 7.62. The number of primary amides is 1. The van der Waals surface area contributed by atoms with Crippen molar-refractivity contribution >= 4 is 40.7 Å². The first-order valence-corrected chi connectivity index (χ1v) is 6.46. The van der Waals surface area contributed by atoms with E-state index in [-0.39, 0.29) is 6.54 Å². The summed E-state index contributed by atoms with van der Waals surface area (Å²) in [6, 6.07) is 1.52. The monoisotopic (exact) mass is 305 g/mol. The number of nitrogens with two attached hydrogens (primary N) is 2. The normalized spacial score (nSPS) is 10.6. The third-order valence-corrected chi connectivity index (χ3v) is 2.85. The standard InChI is InChI=1S/C11H17Cl2N5O/c1-6(2)4-18(5-9(14)19)11-8(13)3-7(12)10(16-11)17-15/h3,6H,4-5,15H2,1-2H3,(H2,14,19)(H,16,17). The van der Waals surface area contributed by atoms with Crippen LogP contribution in [0.15, 0.2) is 6.07 Å². The lowest BCUT2D eigenvalue weighted by Gasteiger charge is -2.25. The number of hydrogen-bond donors (Lipinski definition) is 3. The van der Waals surface area contributed by atoms with Gasteiger partial charge in [0.1, 0.15) is 5.82 Å². The minimum absolute atomic E-state index is 0.0243. The van der Waals surface area contributed by atoms with E-state index in [2.05, 4.69) is 10.4 Å². The molecule has 19 heavy (non-hydrogen) atoms. The number of aromatic nitrogens is 1. The maximum absolute atomic E-state index is 11.1. The lowest BCUT2D eigenvalue weighted by Crippen LogP contribution is -2.37. The van der Waals surface area contributed by atoms with E-state index in [0.717, 1.165) is 0 Å². The van der Waals surface area contributed by atoms with Gasteiger partial charge in [0.2, 0.25) is 5.91 Å². The number of hydrazine groups is 1. The molecule has 8 heteroatoms. The fourth-order valence-corrected chi connectivity index (χ4v) is 2.17. The molecule has 0 unspecified atom stereocenters. The summed E-state index contributed by atoms with van der Waals surface area (Å²) in [6.07, 6.45) is 0. The quantitative estimate of drug-likeness (QED) is 0.548. The Morgan fingerprint density at radius 1 is 1.47 bits per heavy atom. The number of pyridine rings is 1. The van der Waals surface area contributed by atoms with Crippen molar-refractivity contribution < 1.29 is 4.79 Å². The summed E-state index contributed by atoms with van der Waals surface area (Å²) < 4.78 is 0. The van der Waals surface area contributed by atoms with Gasteiger partial charge in [0.25, 0.3) is 0 Å². The minimum atomic E-state index is -0.462. The molecule has 0 spiro atoms. The van der Waals surface area contributed by atoms with Gasteiger partial charge in [0, 0.05) is 6.54 Å². The predicted octanol–water partition coefficient (Wildman–Crippen LogP) is 1.62. The predicted molar refractivity (Wildman–Crippen MR) is 78.3 cm³/mol. The van der Waals surface area contributed by atoms with Gasteiger partial charge in [-0.3, -0.25) is 4.79 Å². The Morgan fingerprint density at radius 2 is 2.11 bits per heavy atom. The zero-order chi connectivity index (χ0) is 14.6. The van der Waals surface area contributed by atoms with Crippen molar-refractivity contribution in [2.24, 2.45) is 17.5 Å². The molecule has 0 aromatic carbocycles. The number of nitrogens with zero attached hydrogens (tertiary/aromatic N) is 2. The number of halogens is 2. The molecule has 0 radical (unpaired) electrons. The summed E-state index contributed by atoms with van der Waals surface area (Å²) in [5.74, 6) is 5.88. The number of anilines is 2. The third-order valence-electron chi connectivity index (χ3n) is 2.28. The molecule has 0 saturated carbocycles. The van der Waals surface area contributed by atoms with E-state index in [1.165, 1.54) is 6.07 Å². The molecule has 0 aliphatic carbocycles. The van der Waals surface area contributed by atoms with Crippen LogP contribution in [-0.4, -0.2) is 24.0 Å². The van der Waals surface area contributed by atoms with Crippen LogP contribution in [0.1, 0.15) is 13.8 Å². The second kappa shape index (κ2) is 6.79. The Labute approximate surface area is 122 Å². The van der Waals surface area contributed by atoms with Gasteiger partial charge in [-0.2, -0.15) is 0 Å². The van der Waals surface area contributed by atoms with Gasteiger partial charge in [0.05, 0.1) is 16.6 Å². The Morgan fingerprint density at radius 3 is 2.58 bits per heavy atom. The zero-order valence-corrected chi connectivity index (χ0v) is 12.3. The van der Waals surface area contributed by atoms with Crippen molar-refractivity contribution in [2.45, 2.75) is 13.8 Å². The van der Waals surface area contributed by atoms with Crippen LogP contribution in [0.25, 0.3) is 0 Å². The second-order valence-electron chi connectivity index (χ2n) is 4.51. The minimum Gasteiger partial charge on any atom is -0.368 e. The van der Waals surface area contributed by atoms with Crippen molar-refractivity contribution in [1.29, 1.82) is 0 Å². The lowest BCUT2D eigenvalue weighted by atomic mass is 10.2. The molecule has 0 aliphatic rings. The average Bonchev–Trinajstić information content (AvgIpc) is 2.27. The smallest absolute Gasteiger partial charge is 0.236 e. The molecule has 106 valence electrons. The Balaban J connectivity index is 3.16. The fourth-order valence-electron chi connectivity index (χ4n) is 1.63. The first-order chi connectivity index (χ1) is 8.85. The van der Waals surface area contributed by atoms with Gasteiger partial charge in [0.15, 0.2) is 5.82 Å². The van der Waals surface area contributed by atoms with Gasteiger partial charge >= 0.3 is 0 Å². The van der Waals surface area contributed by atoms with Crippen LogP contribution in [-0.2, 0) is 4.79 Å².